The number of nitrogens with two attached hydrogens (primary N) is 1. The minimum atomic E-state index is -0.0387. The third kappa shape index (κ3) is 4.46. The number of carbonyl (C=O) groups excluding carboxylic acids is 1. The molecule has 2 rings (SSSR count). The molecule has 4 nitrogen and oxygen atoms in total. The highest BCUT2D eigenvalue weighted by atomic mass is 16.1. The van der Waals surface area contributed by atoms with E-state index in [0.717, 1.165) is 31.5 Å². The number of nitrogens with one attached hydrogen (secondary N) is 1. The fourth-order valence-electron chi connectivity index (χ4n) is 2.81. The Labute approximate surface area is 127 Å². The van der Waals surface area contributed by atoms with Crippen LogP contribution < -0.4 is 11.1 Å². The Hall–Kier alpha value is -1.55. The molecule has 0 radical (unpaired) electrons. The standard InChI is InChI=1S/C17H27N3O/c1-3-4-9-20-10-7-14(8-11-20)19-17(21)15-12-13(2)5-6-16(15)18/h5-6,12,14H,3-4,7-11,18H2,1-2H3,(H,19,21). The van der Waals surface area contributed by atoms with Crippen LogP contribution in [0.25, 0.3) is 0 Å². The van der Waals surface area contributed by atoms with Crippen LogP contribution in [0.5, 0.6) is 0 Å². The van der Waals surface area contributed by atoms with Crippen LogP contribution in [0.2, 0.25) is 0 Å². The van der Waals surface area contributed by atoms with E-state index in [1.165, 1.54) is 19.4 Å². The zero-order valence-electron chi connectivity index (χ0n) is 13.2. The minimum absolute atomic E-state index is 0.0387. The van der Waals surface area contributed by atoms with Crippen LogP contribution >= 0.6 is 0 Å². The van der Waals surface area contributed by atoms with E-state index < -0.39 is 0 Å². The number of unbranched alkanes of at least 4 members (excludes halogenated alkanes) is 1. The molecule has 1 saturated heterocycles. The molecule has 0 aliphatic carbocycles. The molecule has 1 aliphatic heterocycles. The second kappa shape index (κ2) is 7.46. The highest BCUT2D eigenvalue weighted by Gasteiger charge is 2.21. The lowest BCUT2D eigenvalue weighted by molar-refractivity contribution is 0.0911. The molecule has 0 atom stereocenters. The number of hydrogen-bond donors (Lipinski definition) is 2. The third-order valence-electron chi connectivity index (χ3n) is 4.20. The van der Waals surface area contributed by atoms with Gasteiger partial charge in [-0.15, -0.1) is 0 Å². The number of nitrogen functional groups attached to an aromatic ring is 1. The van der Waals surface area contributed by atoms with Gasteiger partial charge in [0.15, 0.2) is 0 Å². The van der Waals surface area contributed by atoms with Crippen molar-refractivity contribution in [2.75, 3.05) is 25.4 Å². The SMILES string of the molecule is CCCCN1CCC(NC(=O)c2cc(C)ccc2N)CC1. The predicted octanol–water partition coefficient (Wildman–Crippen LogP) is 2.57. The number of aryl methyl sites for hydroxylation is 1. The first-order valence-electron chi connectivity index (χ1n) is 7.99. The molecular formula is C17H27N3O. The van der Waals surface area contributed by atoms with E-state index in [2.05, 4.69) is 17.1 Å². The quantitative estimate of drug-likeness (QED) is 0.819. The highest BCUT2D eigenvalue weighted by molar-refractivity contribution is 5.99. The summed E-state index contributed by atoms with van der Waals surface area (Å²) in [6.45, 7) is 7.53. The highest BCUT2D eigenvalue weighted by Crippen LogP contribution is 2.16. The van der Waals surface area contributed by atoms with Crippen LogP contribution in [0.4, 0.5) is 5.69 Å². The summed E-state index contributed by atoms with van der Waals surface area (Å²) < 4.78 is 0. The molecule has 1 heterocycles. The first-order valence-corrected chi connectivity index (χ1v) is 7.99. The first kappa shape index (κ1) is 15.8. The largest absolute Gasteiger partial charge is 0.398 e. The molecule has 21 heavy (non-hydrogen) atoms. The number of rotatable bonds is 5. The summed E-state index contributed by atoms with van der Waals surface area (Å²) in [5.74, 6) is -0.0387. The monoisotopic (exact) mass is 289 g/mol. The van der Waals surface area contributed by atoms with Gasteiger partial charge in [-0.2, -0.15) is 0 Å². The molecule has 4 heteroatoms. The molecule has 116 valence electrons. The van der Waals surface area contributed by atoms with E-state index in [1.54, 1.807) is 6.07 Å². The van der Waals surface area contributed by atoms with Crippen LogP contribution in [0.3, 0.4) is 0 Å². The van der Waals surface area contributed by atoms with Crippen molar-refractivity contribution >= 4 is 11.6 Å². The Kier molecular flexibility index (Phi) is 5.62. The second-order valence-corrected chi connectivity index (χ2v) is 6.03. The Balaban J connectivity index is 1.85. The molecule has 0 spiro atoms. The smallest absolute Gasteiger partial charge is 0.253 e. The fraction of sp³-hybridized carbons (Fsp3) is 0.588. The summed E-state index contributed by atoms with van der Waals surface area (Å²) in [4.78, 5) is 14.8. The average molecular weight is 289 g/mol. The van der Waals surface area contributed by atoms with Crippen molar-refractivity contribution in [3.8, 4) is 0 Å². The summed E-state index contributed by atoms with van der Waals surface area (Å²) in [5, 5.41) is 3.13. The van der Waals surface area contributed by atoms with Gasteiger partial charge in [-0.1, -0.05) is 25.0 Å². The summed E-state index contributed by atoms with van der Waals surface area (Å²) >= 11 is 0. The molecule has 1 amide bonds. The van der Waals surface area contributed by atoms with Gasteiger partial charge in [-0.3, -0.25) is 4.79 Å². The lowest BCUT2D eigenvalue weighted by Crippen LogP contribution is -2.45. The van der Waals surface area contributed by atoms with Gasteiger partial charge in [0.1, 0.15) is 0 Å². The summed E-state index contributed by atoms with van der Waals surface area (Å²) in [6, 6.07) is 5.87. The van der Waals surface area contributed by atoms with E-state index in [0.29, 0.717) is 11.3 Å². The van der Waals surface area contributed by atoms with Crippen molar-refractivity contribution in [3.63, 3.8) is 0 Å². The topological polar surface area (TPSA) is 58.4 Å². The van der Waals surface area contributed by atoms with Gasteiger partial charge in [0, 0.05) is 24.8 Å². The minimum Gasteiger partial charge on any atom is -0.398 e. The summed E-state index contributed by atoms with van der Waals surface area (Å²) in [5.41, 5.74) is 8.12. The number of piperidine rings is 1. The van der Waals surface area contributed by atoms with Crippen molar-refractivity contribution in [2.45, 2.75) is 45.6 Å². The lowest BCUT2D eigenvalue weighted by atomic mass is 10.0. The Morgan fingerprint density at radius 3 is 2.76 bits per heavy atom. The molecule has 0 bridgehead atoms. The van der Waals surface area contributed by atoms with E-state index in [1.807, 2.05) is 19.1 Å². The number of benzene rings is 1. The summed E-state index contributed by atoms with van der Waals surface area (Å²) in [6.07, 6.45) is 4.56. The molecular weight excluding hydrogens is 262 g/mol. The van der Waals surface area contributed by atoms with E-state index in [4.69, 9.17) is 5.73 Å². The lowest BCUT2D eigenvalue weighted by Gasteiger charge is -2.32. The second-order valence-electron chi connectivity index (χ2n) is 6.03. The first-order chi connectivity index (χ1) is 10.1. The number of anilines is 1. The third-order valence-corrected chi connectivity index (χ3v) is 4.20. The molecule has 1 aromatic carbocycles. The summed E-state index contributed by atoms with van der Waals surface area (Å²) in [7, 11) is 0. The van der Waals surface area contributed by atoms with Crippen LogP contribution in [0, 0.1) is 6.92 Å². The van der Waals surface area contributed by atoms with Gasteiger partial charge >= 0.3 is 0 Å². The number of likely N-dealkylation sites (tertiary alicyclic amines) is 1. The number of amides is 1. The van der Waals surface area contributed by atoms with Crippen LogP contribution in [-0.4, -0.2) is 36.5 Å². The number of nitrogens with zero attached hydrogens (tertiary/aromatic N) is 1. The van der Waals surface area contributed by atoms with Crippen molar-refractivity contribution in [1.29, 1.82) is 0 Å². The maximum atomic E-state index is 12.3. The normalized spacial score (nSPS) is 16.9. The van der Waals surface area contributed by atoms with Crippen LogP contribution in [-0.2, 0) is 0 Å². The molecule has 1 aliphatic rings. The average Bonchev–Trinajstić information content (AvgIpc) is 2.49. The maximum Gasteiger partial charge on any atom is 0.253 e. The molecule has 1 fully saturated rings. The number of carbonyl (C=O) groups is 1. The van der Waals surface area contributed by atoms with Crippen molar-refractivity contribution in [3.05, 3.63) is 29.3 Å². The molecule has 0 aromatic heterocycles. The fourth-order valence-corrected chi connectivity index (χ4v) is 2.81. The van der Waals surface area contributed by atoms with E-state index in [-0.39, 0.29) is 11.9 Å². The Bertz CT molecular complexity index is 479. The van der Waals surface area contributed by atoms with Gasteiger partial charge in [0.05, 0.1) is 5.56 Å². The van der Waals surface area contributed by atoms with Gasteiger partial charge in [0.25, 0.3) is 5.91 Å². The molecule has 1 aromatic rings. The van der Waals surface area contributed by atoms with Crippen LogP contribution in [0.1, 0.15) is 48.5 Å². The zero-order valence-corrected chi connectivity index (χ0v) is 13.2. The Morgan fingerprint density at radius 2 is 2.10 bits per heavy atom. The number of hydrogen-bond acceptors (Lipinski definition) is 3. The van der Waals surface area contributed by atoms with Gasteiger partial charge in [-0.05, 0) is 44.9 Å². The van der Waals surface area contributed by atoms with Gasteiger partial charge in [-0.25, -0.2) is 0 Å². The van der Waals surface area contributed by atoms with Crippen molar-refractivity contribution < 1.29 is 4.79 Å². The predicted molar refractivity (Wildman–Crippen MR) is 87.4 cm³/mol. The van der Waals surface area contributed by atoms with Gasteiger partial charge < -0.3 is 16.0 Å². The molecule has 3 N–H and O–H groups in total. The maximum absolute atomic E-state index is 12.3. The van der Waals surface area contributed by atoms with Crippen molar-refractivity contribution in [2.24, 2.45) is 0 Å². The van der Waals surface area contributed by atoms with Gasteiger partial charge in [0.2, 0.25) is 0 Å². The molecule has 0 saturated carbocycles. The molecule has 0 unspecified atom stereocenters. The van der Waals surface area contributed by atoms with Crippen LogP contribution in [0.15, 0.2) is 18.2 Å². The Morgan fingerprint density at radius 1 is 1.38 bits per heavy atom. The van der Waals surface area contributed by atoms with E-state index >= 15 is 0 Å². The van der Waals surface area contributed by atoms with Crippen molar-refractivity contribution in [1.82, 2.24) is 10.2 Å². The van der Waals surface area contributed by atoms with E-state index in [9.17, 15) is 4.79 Å². The zero-order chi connectivity index (χ0) is 15.2.